The summed E-state index contributed by atoms with van der Waals surface area (Å²) in [6, 6.07) is 1.99. The second-order valence-corrected chi connectivity index (χ2v) is 3.67. The van der Waals surface area contributed by atoms with Crippen LogP contribution in [0.5, 0.6) is 0 Å². The van der Waals surface area contributed by atoms with Gasteiger partial charge in [0.25, 0.3) is 0 Å². The molecule has 1 rings (SSSR count). The second kappa shape index (κ2) is 3.86. The Balaban J connectivity index is 3.08. The van der Waals surface area contributed by atoms with Gasteiger partial charge in [0.15, 0.2) is 6.10 Å². The summed E-state index contributed by atoms with van der Waals surface area (Å²) in [6.07, 6.45) is -2.34. The smallest absolute Gasteiger partial charge is 0.330 e. The van der Waals surface area contributed by atoms with Gasteiger partial charge in [-0.15, -0.1) is 0 Å². The Labute approximate surface area is 85.5 Å². The fraction of sp³-hybridized carbons (Fsp3) is 0.250. The molecule has 14 heavy (non-hydrogen) atoms. The van der Waals surface area contributed by atoms with Gasteiger partial charge < -0.3 is 5.11 Å². The summed E-state index contributed by atoms with van der Waals surface area (Å²) in [7, 11) is 0. The van der Waals surface area contributed by atoms with Crippen molar-refractivity contribution < 1.29 is 22.7 Å². The first-order valence-electron chi connectivity index (χ1n) is 3.52. The SMILES string of the molecule is OC(c1ccc(F)cc1F)C(F)(F)Br. The van der Waals surface area contributed by atoms with Crippen molar-refractivity contribution in [2.45, 2.75) is 10.9 Å². The molecule has 0 fully saturated rings. The van der Waals surface area contributed by atoms with Gasteiger partial charge in [-0.05, 0) is 22.0 Å². The van der Waals surface area contributed by atoms with E-state index in [9.17, 15) is 17.6 Å². The third-order valence-electron chi connectivity index (χ3n) is 1.57. The number of aliphatic hydroxyl groups is 1. The van der Waals surface area contributed by atoms with E-state index in [0.717, 1.165) is 12.1 Å². The molecular formula is C8H5BrF4O. The Hall–Kier alpha value is -0.620. The van der Waals surface area contributed by atoms with Crippen LogP contribution in [0.15, 0.2) is 18.2 Å². The summed E-state index contributed by atoms with van der Waals surface area (Å²) < 4.78 is 50.2. The lowest BCUT2D eigenvalue weighted by Crippen LogP contribution is -2.19. The highest BCUT2D eigenvalue weighted by Gasteiger charge is 2.37. The first kappa shape index (κ1) is 11.5. The average molecular weight is 273 g/mol. The molecule has 0 saturated heterocycles. The fourth-order valence-electron chi connectivity index (χ4n) is 0.900. The van der Waals surface area contributed by atoms with Crippen molar-refractivity contribution in [2.24, 2.45) is 0 Å². The van der Waals surface area contributed by atoms with Crippen molar-refractivity contribution in [2.75, 3.05) is 0 Å². The molecule has 78 valence electrons. The van der Waals surface area contributed by atoms with Crippen molar-refractivity contribution in [1.29, 1.82) is 0 Å². The average Bonchev–Trinajstić information content (AvgIpc) is 2.01. The monoisotopic (exact) mass is 272 g/mol. The minimum Gasteiger partial charge on any atom is -0.381 e. The molecule has 1 N–H and O–H groups in total. The van der Waals surface area contributed by atoms with Gasteiger partial charge in [0, 0.05) is 11.6 Å². The third kappa shape index (κ3) is 2.45. The highest BCUT2D eigenvalue weighted by molar-refractivity contribution is 9.10. The van der Waals surface area contributed by atoms with Crippen LogP contribution in [-0.2, 0) is 0 Å². The van der Waals surface area contributed by atoms with E-state index >= 15 is 0 Å². The molecule has 0 aliphatic carbocycles. The predicted molar refractivity (Wildman–Crippen MR) is 45.2 cm³/mol. The van der Waals surface area contributed by atoms with Gasteiger partial charge in [-0.25, -0.2) is 8.78 Å². The summed E-state index contributed by atoms with van der Waals surface area (Å²) in [5.74, 6) is -2.10. The van der Waals surface area contributed by atoms with E-state index < -0.39 is 28.1 Å². The minimum absolute atomic E-state index is 0.428. The third-order valence-corrected chi connectivity index (χ3v) is 2.00. The van der Waals surface area contributed by atoms with Crippen LogP contribution in [0.2, 0.25) is 0 Å². The molecule has 0 radical (unpaired) electrons. The van der Waals surface area contributed by atoms with Gasteiger partial charge in [0.05, 0.1) is 0 Å². The predicted octanol–water partition coefficient (Wildman–Crippen LogP) is 2.99. The van der Waals surface area contributed by atoms with Gasteiger partial charge in [-0.3, -0.25) is 0 Å². The molecule has 1 nitrogen and oxygen atoms in total. The maximum absolute atomic E-state index is 12.9. The van der Waals surface area contributed by atoms with E-state index in [1.807, 2.05) is 15.9 Å². The molecule has 1 atom stereocenters. The first-order valence-corrected chi connectivity index (χ1v) is 4.31. The maximum atomic E-state index is 12.9. The summed E-state index contributed by atoms with van der Waals surface area (Å²) in [5.41, 5.74) is -0.659. The summed E-state index contributed by atoms with van der Waals surface area (Å²) in [5, 5.41) is 8.97. The van der Waals surface area contributed by atoms with E-state index in [4.69, 9.17) is 5.11 Å². The molecule has 0 aromatic heterocycles. The molecule has 6 heteroatoms. The number of rotatable bonds is 2. The van der Waals surface area contributed by atoms with Crippen LogP contribution in [0.25, 0.3) is 0 Å². The molecule has 0 bridgehead atoms. The topological polar surface area (TPSA) is 20.2 Å². The zero-order chi connectivity index (χ0) is 10.9. The zero-order valence-electron chi connectivity index (χ0n) is 6.65. The van der Waals surface area contributed by atoms with Gasteiger partial charge in [0.2, 0.25) is 0 Å². The molecule has 0 amide bonds. The van der Waals surface area contributed by atoms with Crippen molar-refractivity contribution in [3.8, 4) is 0 Å². The molecule has 0 spiro atoms. The molecule has 0 heterocycles. The Morgan fingerprint density at radius 2 is 1.86 bits per heavy atom. The molecular weight excluding hydrogens is 268 g/mol. The van der Waals surface area contributed by atoms with Crippen molar-refractivity contribution in [1.82, 2.24) is 0 Å². The van der Waals surface area contributed by atoms with Gasteiger partial charge in [-0.1, -0.05) is 6.07 Å². The lowest BCUT2D eigenvalue weighted by Gasteiger charge is -2.16. The van der Waals surface area contributed by atoms with Gasteiger partial charge >= 0.3 is 4.83 Å². The fourth-order valence-corrected chi connectivity index (χ4v) is 1.15. The number of halogens is 5. The van der Waals surface area contributed by atoms with Gasteiger partial charge in [0.1, 0.15) is 11.6 Å². The lowest BCUT2D eigenvalue weighted by atomic mass is 10.1. The molecule has 1 unspecified atom stereocenters. The largest absolute Gasteiger partial charge is 0.381 e. The van der Waals surface area contributed by atoms with E-state index in [1.54, 1.807) is 0 Å². The Bertz CT molecular complexity index is 337. The van der Waals surface area contributed by atoms with Crippen LogP contribution in [-0.4, -0.2) is 9.94 Å². The van der Waals surface area contributed by atoms with Crippen LogP contribution in [0, 0.1) is 11.6 Å². The summed E-state index contributed by atoms with van der Waals surface area (Å²) >= 11 is 1.89. The number of aliphatic hydroxyl groups excluding tert-OH is 1. The van der Waals surface area contributed by atoms with Gasteiger partial charge in [-0.2, -0.15) is 8.78 Å². The maximum Gasteiger partial charge on any atom is 0.330 e. The number of alkyl halides is 3. The van der Waals surface area contributed by atoms with E-state index in [1.165, 1.54) is 0 Å². The van der Waals surface area contributed by atoms with Crippen molar-refractivity contribution in [3.63, 3.8) is 0 Å². The highest BCUT2D eigenvalue weighted by atomic mass is 79.9. The van der Waals surface area contributed by atoms with Crippen LogP contribution < -0.4 is 0 Å². The number of hydrogen-bond donors (Lipinski definition) is 1. The molecule has 0 aliphatic rings. The standard InChI is InChI=1S/C8H5BrF4O/c9-8(12,13)7(14)5-2-1-4(10)3-6(5)11/h1-3,7,14H. The Kier molecular flexibility index (Phi) is 3.16. The Morgan fingerprint density at radius 3 is 2.29 bits per heavy atom. The van der Waals surface area contributed by atoms with E-state index in [0.29, 0.717) is 6.07 Å². The van der Waals surface area contributed by atoms with Crippen molar-refractivity contribution >= 4 is 15.9 Å². The lowest BCUT2D eigenvalue weighted by molar-refractivity contribution is -0.0312. The highest BCUT2D eigenvalue weighted by Crippen LogP contribution is 2.37. The molecule has 0 aliphatic heterocycles. The minimum atomic E-state index is -3.65. The first-order chi connectivity index (χ1) is 6.32. The van der Waals surface area contributed by atoms with E-state index in [-0.39, 0.29) is 0 Å². The quantitative estimate of drug-likeness (QED) is 0.648. The van der Waals surface area contributed by atoms with Crippen LogP contribution in [0.3, 0.4) is 0 Å². The van der Waals surface area contributed by atoms with Crippen LogP contribution in [0.1, 0.15) is 11.7 Å². The second-order valence-electron chi connectivity index (χ2n) is 2.61. The zero-order valence-corrected chi connectivity index (χ0v) is 8.23. The molecule has 1 aromatic rings. The summed E-state index contributed by atoms with van der Waals surface area (Å²) in [6.45, 7) is 0. The van der Waals surface area contributed by atoms with E-state index in [2.05, 4.69) is 0 Å². The number of benzene rings is 1. The number of hydrogen-bond acceptors (Lipinski definition) is 1. The van der Waals surface area contributed by atoms with Crippen LogP contribution in [0.4, 0.5) is 17.6 Å². The molecule has 0 saturated carbocycles. The summed E-state index contributed by atoms with van der Waals surface area (Å²) in [4.78, 5) is -3.65. The molecule has 1 aromatic carbocycles. The van der Waals surface area contributed by atoms with Crippen molar-refractivity contribution in [3.05, 3.63) is 35.4 Å². The van der Waals surface area contributed by atoms with Crippen LogP contribution >= 0.6 is 15.9 Å². The Morgan fingerprint density at radius 1 is 1.29 bits per heavy atom. The normalized spacial score (nSPS) is 14.1.